The molecule has 4 nitrogen and oxygen atoms in total. The fourth-order valence-electron chi connectivity index (χ4n) is 2.38. The van der Waals surface area contributed by atoms with Crippen LogP contribution in [0.5, 0.6) is 5.75 Å². The van der Waals surface area contributed by atoms with Crippen LogP contribution < -0.4 is 15.4 Å². The van der Waals surface area contributed by atoms with E-state index in [0.717, 1.165) is 41.9 Å². The van der Waals surface area contributed by atoms with Gasteiger partial charge in [0.15, 0.2) is 0 Å². The molecule has 1 fully saturated rings. The predicted molar refractivity (Wildman–Crippen MR) is 80.4 cm³/mol. The molecule has 1 aliphatic rings. The molecule has 19 heavy (non-hydrogen) atoms. The maximum atomic E-state index is 5.28. The number of nitrogens with zero attached hydrogens (tertiary/aromatic N) is 1. The molecule has 0 bridgehead atoms. The molecule has 0 radical (unpaired) electrons. The number of hydrogen-bond donors (Lipinski definition) is 2. The summed E-state index contributed by atoms with van der Waals surface area (Å²) in [5.41, 5.74) is 2.12. The molecule has 2 N–H and O–H groups in total. The topological polar surface area (TPSA) is 46.2 Å². The molecular weight excluding hydrogens is 262 g/mol. The van der Waals surface area contributed by atoms with Gasteiger partial charge >= 0.3 is 0 Å². The van der Waals surface area contributed by atoms with E-state index in [1.807, 2.05) is 30.5 Å². The zero-order chi connectivity index (χ0) is 12.4. The lowest BCUT2D eigenvalue weighted by Crippen LogP contribution is -2.22. The molecule has 102 valence electrons. The Kier molecular flexibility index (Phi) is 4.45. The molecule has 0 aliphatic carbocycles. The molecule has 5 heteroatoms. The van der Waals surface area contributed by atoms with E-state index in [1.165, 1.54) is 0 Å². The fraction of sp³-hybridized carbons (Fsp3) is 0.357. The maximum absolute atomic E-state index is 5.28. The van der Waals surface area contributed by atoms with Crippen LogP contribution in [0, 0.1) is 0 Å². The maximum Gasteiger partial charge on any atom is 0.119 e. The second-order valence-corrected chi connectivity index (χ2v) is 4.58. The predicted octanol–water partition coefficient (Wildman–Crippen LogP) is 2.44. The van der Waals surface area contributed by atoms with Gasteiger partial charge in [0, 0.05) is 29.9 Å². The van der Waals surface area contributed by atoms with E-state index in [4.69, 9.17) is 4.74 Å². The number of hydrogen-bond acceptors (Lipinski definition) is 4. The van der Waals surface area contributed by atoms with Crippen molar-refractivity contribution in [3.05, 3.63) is 30.5 Å². The molecule has 1 saturated heterocycles. The molecule has 2 aromatic rings. The first-order valence-electron chi connectivity index (χ1n) is 6.27. The number of rotatable bonds is 3. The molecule has 0 spiro atoms. The Hall–Kier alpha value is -1.52. The lowest BCUT2D eigenvalue weighted by atomic mass is 10.1. The molecule has 1 unspecified atom stereocenters. The molecule has 3 rings (SSSR count). The lowest BCUT2D eigenvalue weighted by Gasteiger charge is -2.15. The Bertz CT molecular complexity index is 555. The minimum atomic E-state index is 0. The second kappa shape index (κ2) is 6.08. The number of pyridine rings is 1. The summed E-state index contributed by atoms with van der Waals surface area (Å²) in [6.45, 7) is 2.11. The molecule has 1 aromatic heterocycles. The van der Waals surface area contributed by atoms with Gasteiger partial charge in [-0.3, -0.25) is 4.98 Å². The van der Waals surface area contributed by atoms with Crippen LogP contribution in [-0.4, -0.2) is 31.2 Å². The fourth-order valence-corrected chi connectivity index (χ4v) is 2.38. The van der Waals surface area contributed by atoms with Gasteiger partial charge in [0.1, 0.15) is 5.75 Å². The number of nitrogens with one attached hydrogen (secondary N) is 2. The van der Waals surface area contributed by atoms with Crippen molar-refractivity contribution in [1.29, 1.82) is 0 Å². The standard InChI is InChI=1S/C14H17N3O.ClH/c1-18-11-2-3-13-12(8-11)14(5-7-16-13)17-10-4-6-15-9-10;/h2-3,5,7-8,10,15H,4,6,9H2,1H3,(H,16,17);1H. The molecule has 1 atom stereocenters. The van der Waals surface area contributed by atoms with E-state index >= 15 is 0 Å². The van der Waals surface area contributed by atoms with Crippen LogP contribution in [0.15, 0.2) is 30.5 Å². The van der Waals surface area contributed by atoms with E-state index in [1.54, 1.807) is 7.11 Å². The van der Waals surface area contributed by atoms with Crippen molar-refractivity contribution in [1.82, 2.24) is 10.3 Å². The monoisotopic (exact) mass is 279 g/mol. The highest BCUT2D eigenvalue weighted by molar-refractivity contribution is 5.92. The second-order valence-electron chi connectivity index (χ2n) is 4.58. The number of anilines is 1. The van der Waals surface area contributed by atoms with Crippen molar-refractivity contribution in [2.24, 2.45) is 0 Å². The van der Waals surface area contributed by atoms with Crippen LogP contribution >= 0.6 is 12.4 Å². The first-order valence-corrected chi connectivity index (χ1v) is 6.27. The lowest BCUT2D eigenvalue weighted by molar-refractivity contribution is 0.415. The first-order chi connectivity index (χ1) is 8.86. The number of methoxy groups -OCH3 is 1. The summed E-state index contributed by atoms with van der Waals surface area (Å²) in [5.74, 6) is 0.864. The van der Waals surface area contributed by atoms with Gasteiger partial charge < -0.3 is 15.4 Å². The van der Waals surface area contributed by atoms with Crippen LogP contribution in [0.4, 0.5) is 5.69 Å². The van der Waals surface area contributed by atoms with E-state index in [2.05, 4.69) is 15.6 Å². The molecule has 1 aromatic carbocycles. The van der Waals surface area contributed by atoms with Crippen LogP contribution in [0.25, 0.3) is 10.9 Å². The highest BCUT2D eigenvalue weighted by Gasteiger charge is 2.15. The third-order valence-corrected chi connectivity index (χ3v) is 3.37. The van der Waals surface area contributed by atoms with Gasteiger partial charge in [-0.2, -0.15) is 0 Å². The van der Waals surface area contributed by atoms with Crippen LogP contribution in [-0.2, 0) is 0 Å². The summed E-state index contributed by atoms with van der Waals surface area (Å²) in [4.78, 5) is 4.38. The van der Waals surface area contributed by atoms with Crippen molar-refractivity contribution in [2.45, 2.75) is 12.5 Å². The van der Waals surface area contributed by atoms with Crippen LogP contribution in [0.1, 0.15) is 6.42 Å². The van der Waals surface area contributed by atoms with Gasteiger partial charge in [0.25, 0.3) is 0 Å². The SMILES string of the molecule is COc1ccc2nccc(NC3CCNC3)c2c1.Cl. The van der Waals surface area contributed by atoms with E-state index in [9.17, 15) is 0 Å². The zero-order valence-corrected chi connectivity index (χ0v) is 11.7. The summed E-state index contributed by atoms with van der Waals surface area (Å²) in [6, 6.07) is 8.50. The molecule has 0 saturated carbocycles. The molecule has 0 amide bonds. The van der Waals surface area contributed by atoms with Gasteiger partial charge in [-0.1, -0.05) is 0 Å². The Balaban J connectivity index is 0.00000133. The van der Waals surface area contributed by atoms with E-state index < -0.39 is 0 Å². The van der Waals surface area contributed by atoms with E-state index in [0.29, 0.717) is 6.04 Å². The van der Waals surface area contributed by atoms with Crippen molar-refractivity contribution < 1.29 is 4.74 Å². The molecular formula is C14H18ClN3O. The van der Waals surface area contributed by atoms with Crippen LogP contribution in [0.2, 0.25) is 0 Å². The molecule has 1 aliphatic heterocycles. The van der Waals surface area contributed by atoms with Crippen molar-refractivity contribution >= 4 is 29.0 Å². The van der Waals surface area contributed by atoms with Crippen molar-refractivity contribution in [2.75, 3.05) is 25.5 Å². The molecule has 2 heterocycles. The highest BCUT2D eigenvalue weighted by atomic mass is 35.5. The number of aromatic nitrogens is 1. The Morgan fingerprint density at radius 3 is 3.00 bits per heavy atom. The number of ether oxygens (including phenoxy) is 1. The number of halogens is 1. The van der Waals surface area contributed by atoms with Crippen LogP contribution in [0.3, 0.4) is 0 Å². The first kappa shape index (κ1) is 13.9. The van der Waals surface area contributed by atoms with Gasteiger partial charge in [-0.25, -0.2) is 0 Å². The Morgan fingerprint density at radius 2 is 2.26 bits per heavy atom. The number of benzene rings is 1. The minimum Gasteiger partial charge on any atom is -0.497 e. The summed E-state index contributed by atoms with van der Waals surface area (Å²) >= 11 is 0. The minimum absolute atomic E-state index is 0. The third-order valence-electron chi connectivity index (χ3n) is 3.37. The highest BCUT2D eigenvalue weighted by Crippen LogP contribution is 2.26. The zero-order valence-electron chi connectivity index (χ0n) is 10.8. The Labute approximate surface area is 119 Å². The van der Waals surface area contributed by atoms with Gasteiger partial charge in [-0.15, -0.1) is 12.4 Å². The third kappa shape index (κ3) is 2.91. The average Bonchev–Trinajstić information content (AvgIpc) is 2.91. The quantitative estimate of drug-likeness (QED) is 0.906. The summed E-state index contributed by atoms with van der Waals surface area (Å²) in [5, 5.41) is 8.05. The average molecular weight is 280 g/mol. The normalized spacial score (nSPS) is 18.1. The van der Waals surface area contributed by atoms with E-state index in [-0.39, 0.29) is 12.4 Å². The summed E-state index contributed by atoms with van der Waals surface area (Å²) in [7, 11) is 1.69. The largest absolute Gasteiger partial charge is 0.497 e. The van der Waals surface area contributed by atoms with Gasteiger partial charge in [0.05, 0.1) is 12.6 Å². The summed E-state index contributed by atoms with van der Waals surface area (Å²) in [6.07, 6.45) is 3.01. The van der Waals surface area contributed by atoms with Crippen molar-refractivity contribution in [3.8, 4) is 5.75 Å². The number of fused-ring (bicyclic) bond motifs is 1. The van der Waals surface area contributed by atoms with Gasteiger partial charge in [-0.05, 0) is 37.2 Å². The summed E-state index contributed by atoms with van der Waals surface area (Å²) < 4.78 is 5.28. The van der Waals surface area contributed by atoms with Gasteiger partial charge in [0.2, 0.25) is 0 Å². The van der Waals surface area contributed by atoms with Crippen molar-refractivity contribution in [3.63, 3.8) is 0 Å². The smallest absolute Gasteiger partial charge is 0.119 e. The Morgan fingerprint density at radius 1 is 1.37 bits per heavy atom.